The number of hydrogen-bond donors (Lipinski definition) is 0. The zero-order chi connectivity index (χ0) is 24.6. The average molecular weight is 488 g/mol. The van der Waals surface area contributed by atoms with Crippen molar-refractivity contribution in [1.29, 1.82) is 0 Å². The first-order chi connectivity index (χ1) is 16.8. The Morgan fingerprint density at radius 2 is 1.89 bits per heavy atom. The van der Waals surface area contributed by atoms with Crippen LogP contribution < -0.4 is 14.4 Å². The molecule has 0 aliphatic carbocycles. The van der Waals surface area contributed by atoms with Gasteiger partial charge in [0.2, 0.25) is 0 Å². The molecule has 5 rings (SSSR count). The third-order valence-electron chi connectivity index (χ3n) is 5.78. The van der Waals surface area contributed by atoms with Crippen LogP contribution in [0.1, 0.15) is 22.3 Å². The molecule has 0 unspecified atom stereocenters. The van der Waals surface area contributed by atoms with E-state index in [1.807, 2.05) is 0 Å². The lowest BCUT2D eigenvalue weighted by Gasteiger charge is -2.18. The molecule has 1 fully saturated rings. The first-order valence-corrected chi connectivity index (χ1v) is 10.9. The molecular weight excluding hydrogens is 468 g/mol. The molecule has 2 aliphatic heterocycles. The van der Waals surface area contributed by atoms with E-state index < -0.39 is 18.6 Å². The predicted molar refractivity (Wildman–Crippen MR) is 118 cm³/mol. The van der Waals surface area contributed by atoms with E-state index >= 15 is 0 Å². The van der Waals surface area contributed by atoms with Crippen LogP contribution in [0.15, 0.2) is 54.7 Å². The zero-order valence-electron chi connectivity index (χ0n) is 18.3. The number of carbonyl (C=O) groups excluding carboxylic acids is 1. The molecule has 3 aromatic rings. The van der Waals surface area contributed by atoms with Crippen molar-refractivity contribution in [1.82, 2.24) is 4.98 Å². The number of pyridine rings is 1. The average Bonchev–Trinajstić information content (AvgIpc) is 3.46. The molecule has 0 N–H and O–H groups in total. The second kappa shape index (κ2) is 9.18. The maximum atomic E-state index is 13.8. The molecule has 6 nitrogen and oxygen atoms in total. The number of alkyl halides is 3. The van der Waals surface area contributed by atoms with Gasteiger partial charge in [-0.05, 0) is 42.5 Å². The van der Waals surface area contributed by atoms with Gasteiger partial charge in [-0.3, -0.25) is 9.78 Å². The van der Waals surface area contributed by atoms with Gasteiger partial charge in [0.1, 0.15) is 23.4 Å². The van der Waals surface area contributed by atoms with Crippen LogP contribution in [-0.4, -0.2) is 43.0 Å². The van der Waals surface area contributed by atoms with E-state index in [0.717, 1.165) is 18.6 Å². The van der Waals surface area contributed by atoms with Crippen molar-refractivity contribution in [2.45, 2.75) is 25.2 Å². The van der Waals surface area contributed by atoms with Gasteiger partial charge in [0.25, 0.3) is 5.91 Å². The Balaban J connectivity index is 1.42. The standard InChI is InChI=1S/C25H20F4N2O4/c26-15-1-6-20(22(11-15)34-14-25(27,28)29)23-21-12-31(24(32)19(21)7-9-30-23)16-2-4-17(5-3-16)35-18-8-10-33-13-18/h1-7,9,11,18H,8,10,12-14H2/t18-/m1/s1. The Hall–Kier alpha value is -3.66. The molecular formula is C25H20F4N2O4. The number of fused-ring (bicyclic) bond motifs is 1. The summed E-state index contributed by atoms with van der Waals surface area (Å²) < 4.78 is 68.0. The van der Waals surface area contributed by atoms with Crippen LogP contribution in [0.4, 0.5) is 23.2 Å². The first-order valence-electron chi connectivity index (χ1n) is 10.9. The van der Waals surface area contributed by atoms with Crippen LogP contribution in [0.2, 0.25) is 0 Å². The summed E-state index contributed by atoms with van der Waals surface area (Å²) in [4.78, 5) is 19.0. The van der Waals surface area contributed by atoms with E-state index in [1.54, 1.807) is 30.3 Å². The molecule has 1 aromatic heterocycles. The molecule has 182 valence electrons. The van der Waals surface area contributed by atoms with Crippen molar-refractivity contribution in [2.24, 2.45) is 0 Å². The molecule has 35 heavy (non-hydrogen) atoms. The van der Waals surface area contributed by atoms with E-state index in [9.17, 15) is 22.4 Å². The van der Waals surface area contributed by atoms with Gasteiger partial charge < -0.3 is 19.1 Å². The van der Waals surface area contributed by atoms with Gasteiger partial charge >= 0.3 is 6.18 Å². The summed E-state index contributed by atoms with van der Waals surface area (Å²) in [5, 5.41) is 0. The normalized spacial score (nSPS) is 17.5. The van der Waals surface area contributed by atoms with Gasteiger partial charge in [0.15, 0.2) is 6.61 Å². The van der Waals surface area contributed by atoms with Gasteiger partial charge in [0, 0.05) is 41.1 Å². The Labute approximate surface area is 198 Å². The predicted octanol–water partition coefficient (Wildman–Crippen LogP) is 5.16. The van der Waals surface area contributed by atoms with E-state index in [2.05, 4.69) is 4.98 Å². The molecule has 0 radical (unpaired) electrons. The number of nitrogens with zero attached hydrogens (tertiary/aromatic N) is 2. The fourth-order valence-corrected chi connectivity index (χ4v) is 4.14. The molecule has 0 spiro atoms. The van der Waals surface area contributed by atoms with E-state index in [4.69, 9.17) is 14.2 Å². The first kappa shape index (κ1) is 23.1. The van der Waals surface area contributed by atoms with Crippen LogP contribution in [0.25, 0.3) is 11.3 Å². The zero-order valence-corrected chi connectivity index (χ0v) is 18.3. The number of halogens is 4. The van der Waals surface area contributed by atoms with Crippen LogP contribution >= 0.6 is 0 Å². The fraction of sp³-hybridized carbons (Fsp3) is 0.280. The number of ether oxygens (including phenoxy) is 3. The summed E-state index contributed by atoms with van der Waals surface area (Å²) in [5.41, 5.74) is 1.94. The fourth-order valence-electron chi connectivity index (χ4n) is 4.14. The number of amides is 1. The third-order valence-corrected chi connectivity index (χ3v) is 5.78. The smallest absolute Gasteiger partial charge is 0.422 e. The maximum absolute atomic E-state index is 13.8. The van der Waals surface area contributed by atoms with Gasteiger partial charge in [0.05, 0.1) is 25.5 Å². The van der Waals surface area contributed by atoms with Crippen molar-refractivity contribution in [2.75, 3.05) is 24.7 Å². The molecule has 1 saturated heterocycles. The van der Waals surface area contributed by atoms with Gasteiger partial charge in [-0.2, -0.15) is 13.2 Å². The largest absolute Gasteiger partial charge is 0.488 e. The highest BCUT2D eigenvalue weighted by atomic mass is 19.4. The van der Waals surface area contributed by atoms with Crippen LogP contribution in [0.5, 0.6) is 11.5 Å². The monoisotopic (exact) mass is 488 g/mol. The Bertz CT molecular complexity index is 1240. The van der Waals surface area contributed by atoms with Crippen molar-refractivity contribution in [3.63, 3.8) is 0 Å². The number of hydrogen-bond acceptors (Lipinski definition) is 5. The molecule has 0 bridgehead atoms. The van der Waals surface area contributed by atoms with Crippen LogP contribution in [-0.2, 0) is 11.3 Å². The molecule has 2 aliphatic rings. The topological polar surface area (TPSA) is 60.9 Å². The summed E-state index contributed by atoms with van der Waals surface area (Å²) in [6.45, 7) is -0.235. The number of benzene rings is 2. The minimum absolute atomic E-state index is 0.00312. The number of rotatable bonds is 6. The minimum Gasteiger partial charge on any atom is -0.488 e. The highest BCUT2D eigenvalue weighted by molar-refractivity contribution is 6.11. The molecule has 0 saturated carbocycles. The number of carbonyl (C=O) groups is 1. The summed E-state index contributed by atoms with van der Waals surface area (Å²) in [6.07, 6.45) is -2.39. The summed E-state index contributed by atoms with van der Waals surface area (Å²) in [6, 6.07) is 11.9. The maximum Gasteiger partial charge on any atom is 0.422 e. The molecule has 1 atom stereocenters. The lowest BCUT2D eigenvalue weighted by molar-refractivity contribution is -0.153. The lowest BCUT2D eigenvalue weighted by atomic mass is 10.0. The Kier molecular flexibility index (Phi) is 6.06. The van der Waals surface area contributed by atoms with Crippen molar-refractivity contribution in [3.8, 4) is 22.8 Å². The van der Waals surface area contributed by atoms with Gasteiger partial charge in [-0.15, -0.1) is 0 Å². The minimum atomic E-state index is -4.59. The Morgan fingerprint density at radius 1 is 1.09 bits per heavy atom. The van der Waals surface area contributed by atoms with E-state index in [1.165, 1.54) is 17.2 Å². The number of aromatic nitrogens is 1. The highest BCUT2D eigenvalue weighted by Crippen LogP contribution is 2.38. The second-order valence-corrected chi connectivity index (χ2v) is 8.22. The van der Waals surface area contributed by atoms with Crippen LogP contribution in [0.3, 0.4) is 0 Å². The lowest BCUT2D eigenvalue weighted by Crippen LogP contribution is -2.23. The van der Waals surface area contributed by atoms with Crippen LogP contribution in [0, 0.1) is 5.82 Å². The highest BCUT2D eigenvalue weighted by Gasteiger charge is 2.33. The summed E-state index contributed by atoms with van der Waals surface area (Å²) >= 11 is 0. The SMILES string of the molecule is O=C1c2ccnc(-c3ccc(F)cc3OCC(F)(F)F)c2CN1c1ccc(O[C@@H]2CCOC2)cc1. The van der Waals surface area contributed by atoms with Gasteiger partial charge in [-0.25, -0.2) is 4.39 Å². The van der Waals surface area contributed by atoms with Crippen molar-refractivity contribution in [3.05, 3.63) is 71.7 Å². The Morgan fingerprint density at radius 3 is 2.60 bits per heavy atom. The van der Waals surface area contributed by atoms with Crippen molar-refractivity contribution < 1.29 is 36.6 Å². The third kappa shape index (κ3) is 4.93. The molecule has 3 heterocycles. The van der Waals surface area contributed by atoms with Gasteiger partial charge in [-0.1, -0.05) is 0 Å². The number of anilines is 1. The molecule has 1 amide bonds. The van der Waals surface area contributed by atoms with Crippen molar-refractivity contribution >= 4 is 11.6 Å². The molecule has 2 aromatic carbocycles. The van der Waals surface area contributed by atoms with E-state index in [-0.39, 0.29) is 35.6 Å². The quantitative estimate of drug-likeness (QED) is 0.449. The van der Waals surface area contributed by atoms with E-state index in [0.29, 0.717) is 35.8 Å². The molecule has 10 heteroatoms. The summed E-state index contributed by atoms with van der Waals surface area (Å²) in [7, 11) is 0. The summed E-state index contributed by atoms with van der Waals surface area (Å²) in [5.74, 6) is -0.663. The second-order valence-electron chi connectivity index (χ2n) is 8.22.